The van der Waals surface area contributed by atoms with Crippen molar-refractivity contribution in [3.05, 3.63) is 29.8 Å². The van der Waals surface area contributed by atoms with Crippen molar-refractivity contribution in [3.63, 3.8) is 0 Å². The standard InChI is InChI=1S/C18H32N2O/c1-15(2)19-13-16-9-7-8-10-17(16)21-12-11-20(6)14-18(3,4)5/h7-10,15,19H,11-14H2,1-6H3. The smallest absolute Gasteiger partial charge is 0.123 e. The molecule has 0 saturated carbocycles. The number of hydrogen-bond acceptors (Lipinski definition) is 3. The summed E-state index contributed by atoms with van der Waals surface area (Å²) in [5.74, 6) is 0.995. The summed E-state index contributed by atoms with van der Waals surface area (Å²) in [4.78, 5) is 2.33. The van der Waals surface area contributed by atoms with Crippen LogP contribution in [0.15, 0.2) is 24.3 Å². The number of likely N-dealkylation sites (N-methyl/N-ethyl adjacent to an activating group) is 1. The van der Waals surface area contributed by atoms with Gasteiger partial charge < -0.3 is 15.0 Å². The van der Waals surface area contributed by atoms with Crippen LogP contribution >= 0.6 is 0 Å². The van der Waals surface area contributed by atoms with Crippen LogP contribution in [0.25, 0.3) is 0 Å². The van der Waals surface area contributed by atoms with E-state index in [4.69, 9.17) is 4.74 Å². The lowest BCUT2D eigenvalue weighted by Crippen LogP contribution is -2.32. The van der Waals surface area contributed by atoms with Crippen LogP contribution in [0.1, 0.15) is 40.2 Å². The van der Waals surface area contributed by atoms with Gasteiger partial charge in [0.2, 0.25) is 0 Å². The number of rotatable bonds is 8. The number of hydrogen-bond donors (Lipinski definition) is 1. The predicted octanol–water partition coefficient (Wildman–Crippen LogP) is 3.54. The van der Waals surface area contributed by atoms with Gasteiger partial charge in [-0.25, -0.2) is 0 Å². The molecule has 0 aliphatic heterocycles. The minimum Gasteiger partial charge on any atom is -0.492 e. The van der Waals surface area contributed by atoms with E-state index in [2.05, 4.69) is 70.1 Å². The fourth-order valence-corrected chi connectivity index (χ4v) is 2.31. The fraction of sp³-hybridized carbons (Fsp3) is 0.667. The maximum absolute atomic E-state index is 5.97. The van der Waals surface area contributed by atoms with Gasteiger partial charge in [-0.15, -0.1) is 0 Å². The van der Waals surface area contributed by atoms with Crippen molar-refractivity contribution < 1.29 is 4.74 Å². The van der Waals surface area contributed by atoms with E-state index in [9.17, 15) is 0 Å². The highest BCUT2D eigenvalue weighted by Crippen LogP contribution is 2.18. The number of ether oxygens (including phenoxy) is 1. The molecule has 0 atom stereocenters. The number of nitrogens with zero attached hydrogens (tertiary/aromatic N) is 1. The normalized spacial score (nSPS) is 12.2. The first-order valence-electron chi connectivity index (χ1n) is 7.90. The molecule has 0 fully saturated rings. The molecular formula is C18H32N2O. The summed E-state index contributed by atoms with van der Waals surface area (Å²) in [6, 6.07) is 8.77. The van der Waals surface area contributed by atoms with E-state index in [1.165, 1.54) is 5.56 Å². The Balaban J connectivity index is 2.44. The second kappa shape index (κ2) is 8.40. The second-order valence-electron chi connectivity index (χ2n) is 7.29. The molecule has 0 bridgehead atoms. The van der Waals surface area contributed by atoms with Crippen LogP contribution in [0.5, 0.6) is 5.75 Å². The van der Waals surface area contributed by atoms with Crippen LogP contribution < -0.4 is 10.1 Å². The van der Waals surface area contributed by atoms with E-state index >= 15 is 0 Å². The zero-order chi connectivity index (χ0) is 15.9. The van der Waals surface area contributed by atoms with Gasteiger partial charge in [0, 0.05) is 31.2 Å². The number of benzene rings is 1. The molecule has 0 amide bonds. The van der Waals surface area contributed by atoms with Crippen molar-refractivity contribution in [2.75, 3.05) is 26.7 Å². The summed E-state index contributed by atoms with van der Waals surface area (Å²) in [6.45, 7) is 14.7. The molecule has 0 aromatic heterocycles. The maximum atomic E-state index is 5.97. The monoisotopic (exact) mass is 292 g/mol. The summed E-state index contributed by atoms with van der Waals surface area (Å²) in [6.07, 6.45) is 0. The van der Waals surface area contributed by atoms with Crippen LogP contribution in [0.2, 0.25) is 0 Å². The Morgan fingerprint density at radius 1 is 1.19 bits per heavy atom. The van der Waals surface area contributed by atoms with E-state index in [1.54, 1.807) is 0 Å². The van der Waals surface area contributed by atoms with Crippen LogP contribution in [0.3, 0.4) is 0 Å². The molecular weight excluding hydrogens is 260 g/mol. The topological polar surface area (TPSA) is 24.5 Å². The van der Waals surface area contributed by atoms with Crippen molar-refractivity contribution in [1.82, 2.24) is 10.2 Å². The number of nitrogens with one attached hydrogen (secondary N) is 1. The molecule has 21 heavy (non-hydrogen) atoms. The molecule has 1 aromatic carbocycles. The largest absolute Gasteiger partial charge is 0.492 e. The molecule has 120 valence electrons. The quantitative estimate of drug-likeness (QED) is 0.793. The minimum absolute atomic E-state index is 0.327. The Morgan fingerprint density at radius 3 is 2.48 bits per heavy atom. The fourth-order valence-electron chi connectivity index (χ4n) is 2.31. The first-order chi connectivity index (χ1) is 9.78. The van der Waals surface area contributed by atoms with Crippen LogP contribution in [-0.4, -0.2) is 37.7 Å². The van der Waals surface area contributed by atoms with Gasteiger partial charge in [0.25, 0.3) is 0 Å². The number of para-hydroxylation sites is 1. The van der Waals surface area contributed by atoms with Gasteiger partial charge in [0.05, 0.1) is 0 Å². The van der Waals surface area contributed by atoms with E-state index in [0.29, 0.717) is 11.5 Å². The van der Waals surface area contributed by atoms with Gasteiger partial charge in [-0.05, 0) is 18.5 Å². The van der Waals surface area contributed by atoms with E-state index < -0.39 is 0 Å². The van der Waals surface area contributed by atoms with Crippen molar-refractivity contribution in [1.29, 1.82) is 0 Å². The Morgan fingerprint density at radius 2 is 1.86 bits per heavy atom. The Bertz CT molecular complexity index is 410. The van der Waals surface area contributed by atoms with Crippen LogP contribution in [0.4, 0.5) is 0 Å². The summed E-state index contributed by atoms with van der Waals surface area (Å²) in [7, 11) is 2.15. The highest BCUT2D eigenvalue weighted by Gasteiger charge is 2.13. The van der Waals surface area contributed by atoms with Crippen LogP contribution in [0, 0.1) is 5.41 Å². The van der Waals surface area contributed by atoms with E-state index in [-0.39, 0.29) is 0 Å². The average Bonchev–Trinajstić information content (AvgIpc) is 2.35. The Kier molecular flexibility index (Phi) is 7.20. The summed E-state index contributed by atoms with van der Waals surface area (Å²) in [5.41, 5.74) is 1.55. The van der Waals surface area contributed by atoms with Gasteiger partial charge in [0.15, 0.2) is 0 Å². The molecule has 3 heteroatoms. The van der Waals surface area contributed by atoms with Crippen LogP contribution in [-0.2, 0) is 6.54 Å². The first-order valence-corrected chi connectivity index (χ1v) is 7.90. The second-order valence-corrected chi connectivity index (χ2v) is 7.29. The van der Waals surface area contributed by atoms with Gasteiger partial charge in [-0.1, -0.05) is 52.8 Å². The molecule has 0 aliphatic carbocycles. The highest BCUT2D eigenvalue weighted by atomic mass is 16.5. The first kappa shape index (κ1) is 18.0. The lowest BCUT2D eigenvalue weighted by Gasteiger charge is -2.26. The third-order valence-corrected chi connectivity index (χ3v) is 3.15. The summed E-state index contributed by atoms with van der Waals surface area (Å²) in [5, 5.41) is 3.44. The molecule has 0 heterocycles. The molecule has 0 spiro atoms. The average molecular weight is 292 g/mol. The third-order valence-electron chi connectivity index (χ3n) is 3.15. The Labute approximate surface area is 130 Å². The molecule has 0 unspecified atom stereocenters. The van der Waals surface area contributed by atoms with Crippen molar-refractivity contribution in [2.45, 2.75) is 47.2 Å². The molecule has 0 radical (unpaired) electrons. The van der Waals surface area contributed by atoms with Gasteiger partial charge in [0.1, 0.15) is 12.4 Å². The highest BCUT2D eigenvalue weighted by molar-refractivity contribution is 5.33. The molecule has 3 nitrogen and oxygen atoms in total. The lowest BCUT2D eigenvalue weighted by atomic mass is 9.96. The van der Waals surface area contributed by atoms with Gasteiger partial charge in [-0.2, -0.15) is 0 Å². The van der Waals surface area contributed by atoms with Crippen molar-refractivity contribution >= 4 is 0 Å². The van der Waals surface area contributed by atoms with Crippen molar-refractivity contribution in [2.24, 2.45) is 5.41 Å². The molecule has 1 aromatic rings. The summed E-state index contributed by atoms with van der Waals surface area (Å²) < 4.78 is 5.97. The summed E-state index contributed by atoms with van der Waals surface area (Å²) >= 11 is 0. The molecule has 0 saturated heterocycles. The molecule has 1 rings (SSSR count). The minimum atomic E-state index is 0.327. The maximum Gasteiger partial charge on any atom is 0.123 e. The molecule has 0 aliphatic rings. The van der Waals surface area contributed by atoms with E-state index in [0.717, 1.165) is 32.0 Å². The van der Waals surface area contributed by atoms with Crippen molar-refractivity contribution in [3.8, 4) is 5.75 Å². The zero-order valence-electron chi connectivity index (χ0n) is 14.6. The lowest BCUT2D eigenvalue weighted by molar-refractivity contribution is 0.187. The Hall–Kier alpha value is -1.06. The SMILES string of the molecule is CC(C)NCc1ccccc1OCCN(C)CC(C)(C)C. The zero-order valence-corrected chi connectivity index (χ0v) is 14.6. The third kappa shape index (κ3) is 8.08. The molecule has 1 N–H and O–H groups in total. The van der Waals surface area contributed by atoms with Gasteiger partial charge in [-0.3, -0.25) is 0 Å². The van der Waals surface area contributed by atoms with E-state index in [1.807, 2.05) is 6.07 Å². The van der Waals surface area contributed by atoms with Gasteiger partial charge >= 0.3 is 0 Å². The predicted molar refractivity (Wildman–Crippen MR) is 90.9 cm³/mol.